The van der Waals surface area contributed by atoms with Crippen LogP contribution in [0.3, 0.4) is 0 Å². The van der Waals surface area contributed by atoms with Crippen LogP contribution in [-0.2, 0) is 5.75 Å². The number of carbonyl (C=O) groups is 1. The quantitative estimate of drug-likeness (QED) is 0.831. The summed E-state index contributed by atoms with van der Waals surface area (Å²) in [6.07, 6.45) is 2.44. The Labute approximate surface area is 122 Å². The Kier molecular flexibility index (Phi) is 5.17. The molecule has 0 spiro atoms. The van der Waals surface area contributed by atoms with Crippen molar-refractivity contribution in [2.45, 2.75) is 24.3 Å². The Morgan fingerprint density at radius 3 is 2.90 bits per heavy atom. The van der Waals surface area contributed by atoms with Gasteiger partial charge in [-0.3, -0.25) is 9.89 Å². The number of nitrogens with zero attached hydrogens (tertiary/aromatic N) is 3. The first-order valence-corrected chi connectivity index (χ1v) is 7.52. The summed E-state index contributed by atoms with van der Waals surface area (Å²) < 4.78 is 0. The van der Waals surface area contributed by atoms with Gasteiger partial charge < -0.3 is 4.90 Å². The fourth-order valence-electron chi connectivity index (χ4n) is 1.91. The minimum atomic E-state index is 0.0700. The van der Waals surface area contributed by atoms with Crippen LogP contribution < -0.4 is 0 Å². The highest BCUT2D eigenvalue weighted by atomic mass is 32.2. The zero-order chi connectivity index (χ0) is 14.4. The summed E-state index contributed by atoms with van der Waals surface area (Å²) in [5.41, 5.74) is 1.78. The van der Waals surface area contributed by atoms with Crippen LogP contribution in [0.25, 0.3) is 0 Å². The van der Waals surface area contributed by atoms with Crippen molar-refractivity contribution >= 4 is 17.7 Å². The fourth-order valence-corrected chi connectivity index (χ4v) is 2.69. The van der Waals surface area contributed by atoms with Gasteiger partial charge in [0.2, 0.25) is 0 Å². The van der Waals surface area contributed by atoms with Crippen LogP contribution in [0, 0.1) is 0 Å². The Morgan fingerprint density at radius 1 is 1.40 bits per heavy atom. The molecule has 1 aromatic carbocycles. The van der Waals surface area contributed by atoms with E-state index in [9.17, 15) is 4.79 Å². The van der Waals surface area contributed by atoms with Crippen molar-refractivity contribution < 1.29 is 4.79 Å². The molecule has 0 aliphatic rings. The predicted molar refractivity (Wildman–Crippen MR) is 79.6 cm³/mol. The first kappa shape index (κ1) is 14.6. The number of benzene rings is 1. The number of hydrogen-bond donors (Lipinski definition) is 1. The van der Waals surface area contributed by atoms with Gasteiger partial charge in [0.15, 0.2) is 5.16 Å². The van der Waals surface area contributed by atoms with Crippen molar-refractivity contribution in [1.29, 1.82) is 0 Å². The number of nitrogens with one attached hydrogen (secondary N) is 1. The maximum absolute atomic E-state index is 12.4. The third-order valence-electron chi connectivity index (χ3n) is 2.91. The van der Waals surface area contributed by atoms with Gasteiger partial charge in [-0.05, 0) is 18.1 Å². The van der Waals surface area contributed by atoms with Crippen LogP contribution in [0.1, 0.15) is 29.3 Å². The first-order valence-electron chi connectivity index (χ1n) is 6.54. The van der Waals surface area contributed by atoms with Crippen LogP contribution >= 0.6 is 11.8 Å². The SMILES string of the molecule is CCCN(C)C(=O)c1ccccc1CSc1ncn[nH]1. The summed E-state index contributed by atoms with van der Waals surface area (Å²) in [6.45, 7) is 2.83. The zero-order valence-electron chi connectivity index (χ0n) is 11.7. The van der Waals surface area contributed by atoms with E-state index >= 15 is 0 Å². The van der Waals surface area contributed by atoms with Crippen molar-refractivity contribution in [2.24, 2.45) is 0 Å². The molecule has 1 N–H and O–H groups in total. The van der Waals surface area contributed by atoms with Crippen molar-refractivity contribution in [3.8, 4) is 0 Å². The van der Waals surface area contributed by atoms with E-state index in [2.05, 4.69) is 22.1 Å². The predicted octanol–water partition coefficient (Wildman–Crippen LogP) is 2.58. The molecule has 0 saturated carbocycles. The third-order valence-corrected chi connectivity index (χ3v) is 3.84. The number of carbonyl (C=O) groups excluding carboxylic acids is 1. The molecule has 20 heavy (non-hydrogen) atoms. The molecule has 1 heterocycles. The van der Waals surface area contributed by atoms with Crippen molar-refractivity contribution in [3.05, 3.63) is 41.7 Å². The standard InChI is InChI=1S/C14H18N4OS/c1-3-8-18(2)13(19)12-7-5-4-6-11(12)9-20-14-15-10-16-17-14/h4-7,10H,3,8-9H2,1-2H3,(H,15,16,17). The lowest BCUT2D eigenvalue weighted by Crippen LogP contribution is -2.28. The maximum atomic E-state index is 12.4. The normalized spacial score (nSPS) is 10.5. The molecule has 0 fully saturated rings. The summed E-state index contributed by atoms with van der Waals surface area (Å²) in [7, 11) is 1.84. The number of amides is 1. The number of rotatable bonds is 6. The van der Waals surface area contributed by atoms with Gasteiger partial charge in [0.1, 0.15) is 6.33 Å². The van der Waals surface area contributed by atoms with E-state index in [0.717, 1.165) is 29.2 Å². The minimum Gasteiger partial charge on any atom is -0.342 e. The van der Waals surface area contributed by atoms with Crippen LogP contribution in [0.15, 0.2) is 35.7 Å². The van der Waals surface area contributed by atoms with Gasteiger partial charge in [0, 0.05) is 24.9 Å². The van der Waals surface area contributed by atoms with Crippen molar-refractivity contribution in [3.63, 3.8) is 0 Å². The van der Waals surface area contributed by atoms with E-state index in [1.807, 2.05) is 31.3 Å². The molecule has 6 heteroatoms. The molecule has 1 amide bonds. The molecular weight excluding hydrogens is 272 g/mol. The number of aromatic amines is 1. The van der Waals surface area contributed by atoms with Gasteiger partial charge in [-0.25, -0.2) is 4.98 Å². The molecule has 5 nitrogen and oxygen atoms in total. The van der Waals surface area contributed by atoms with Gasteiger partial charge in [0.25, 0.3) is 5.91 Å². The maximum Gasteiger partial charge on any atom is 0.253 e. The van der Waals surface area contributed by atoms with E-state index in [4.69, 9.17) is 0 Å². The highest BCUT2D eigenvalue weighted by molar-refractivity contribution is 7.98. The molecule has 0 aliphatic heterocycles. The highest BCUT2D eigenvalue weighted by Gasteiger charge is 2.15. The number of hydrogen-bond acceptors (Lipinski definition) is 4. The van der Waals surface area contributed by atoms with Gasteiger partial charge >= 0.3 is 0 Å². The van der Waals surface area contributed by atoms with Crippen LogP contribution in [0.4, 0.5) is 0 Å². The van der Waals surface area contributed by atoms with E-state index in [1.165, 1.54) is 18.1 Å². The fraction of sp³-hybridized carbons (Fsp3) is 0.357. The average Bonchev–Trinajstić information content (AvgIpc) is 2.98. The van der Waals surface area contributed by atoms with E-state index in [-0.39, 0.29) is 5.91 Å². The number of thioether (sulfide) groups is 1. The van der Waals surface area contributed by atoms with E-state index < -0.39 is 0 Å². The van der Waals surface area contributed by atoms with Gasteiger partial charge in [-0.2, -0.15) is 5.10 Å². The lowest BCUT2D eigenvalue weighted by atomic mass is 10.1. The van der Waals surface area contributed by atoms with Crippen molar-refractivity contribution in [2.75, 3.05) is 13.6 Å². The highest BCUT2D eigenvalue weighted by Crippen LogP contribution is 2.21. The summed E-state index contributed by atoms with van der Waals surface area (Å²) in [4.78, 5) is 18.2. The summed E-state index contributed by atoms with van der Waals surface area (Å²) in [6, 6.07) is 7.71. The lowest BCUT2D eigenvalue weighted by molar-refractivity contribution is 0.0794. The third kappa shape index (κ3) is 3.60. The summed E-state index contributed by atoms with van der Waals surface area (Å²) in [5.74, 6) is 0.762. The van der Waals surface area contributed by atoms with Crippen molar-refractivity contribution in [1.82, 2.24) is 20.1 Å². The summed E-state index contributed by atoms with van der Waals surface area (Å²) in [5, 5.41) is 7.38. The minimum absolute atomic E-state index is 0.0700. The molecule has 1 aromatic heterocycles. The molecule has 0 saturated heterocycles. The topological polar surface area (TPSA) is 61.9 Å². The molecule has 2 aromatic rings. The smallest absolute Gasteiger partial charge is 0.253 e. The molecule has 0 atom stereocenters. The molecular formula is C14H18N4OS. The van der Waals surface area contributed by atoms with E-state index in [0.29, 0.717) is 5.75 Å². The summed E-state index contributed by atoms with van der Waals surface area (Å²) >= 11 is 1.54. The second kappa shape index (κ2) is 7.09. The number of H-pyrrole nitrogens is 1. The molecule has 0 radical (unpaired) electrons. The van der Waals surface area contributed by atoms with Crippen LogP contribution in [0.5, 0.6) is 0 Å². The van der Waals surface area contributed by atoms with Crippen LogP contribution in [0.2, 0.25) is 0 Å². The first-order chi connectivity index (χ1) is 9.72. The lowest BCUT2D eigenvalue weighted by Gasteiger charge is -2.18. The van der Waals surface area contributed by atoms with E-state index in [1.54, 1.807) is 4.90 Å². The van der Waals surface area contributed by atoms with Gasteiger partial charge in [0.05, 0.1) is 0 Å². The second-order valence-electron chi connectivity index (χ2n) is 4.46. The second-order valence-corrected chi connectivity index (χ2v) is 5.43. The number of aromatic nitrogens is 3. The Hall–Kier alpha value is -1.82. The molecule has 0 unspecified atom stereocenters. The largest absolute Gasteiger partial charge is 0.342 e. The molecule has 106 valence electrons. The monoisotopic (exact) mass is 290 g/mol. The zero-order valence-corrected chi connectivity index (χ0v) is 12.5. The van der Waals surface area contributed by atoms with Gasteiger partial charge in [-0.1, -0.05) is 36.9 Å². The molecule has 2 rings (SSSR count). The molecule has 0 aliphatic carbocycles. The average molecular weight is 290 g/mol. The Balaban J connectivity index is 2.11. The Bertz CT molecular complexity index is 556. The van der Waals surface area contributed by atoms with Crippen LogP contribution in [-0.4, -0.2) is 39.6 Å². The molecule has 0 bridgehead atoms. The van der Waals surface area contributed by atoms with Gasteiger partial charge in [-0.15, -0.1) is 0 Å². The Morgan fingerprint density at radius 2 is 2.20 bits per heavy atom.